The van der Waals surface area contributed by atoms with Crippen LogP contribution >= 0.6 is 0 Å². The van der Waals surface area contributed by atoms with Crippen molar-refractivity contribution in [1.29, 1.82) is 0 Å². The number of carbonyl (C=O) groups is 2. The molecule has 4 nitrogen and oxygen atoms in total. The third-order valence-electron chi connectivity index (χ3n) is 4.83. The summed E-state index contributed by atoms with van der Waals surface area (Å²) in [7, 11) is 0. The fourth-order valence-corrected chi connectivity index (χ4v) is 3.09. The molecule has 0 heterocycles. The summed E-state index contributed by atoms with van der Waals surface area (Å²) in [5.41, 5.74) is 0.586. The van der Waals surface area contributed by atoms with Crippen LogP contribution in [0.4, 0.5) is 0 Å². The van der Waals surface area contributed by atoms with Crippen LogP contribution in [0.1, 0.15) is 112 Å². The van der Waals surface area contributed by atoms with Crippen molar-refractivity contribution in [2.24, 2.45) is 0 Å². The number of benzene rings is 1. The van der Waals surface area contributed by atoms with Crippen molar-refractivity contribution in [3.63, 3.8) is 0 Å². The fraction of sp³-hybridized carbons (Fsp3) is 0.667. The van der Waals surface area contributed by atoms with Crippen molar-refractivity contribution in [3.8, 4) is 0 Å². The van der Waals surface area contributed by atoms with E-state index >= 15 is 0 Å². The molecule has 0 aliphatic carbocycles. The van der Waals surface area contributed by atoms with Crippen LogP contribution in [0.25, 0.3) is 0 Å². The van der Waals surface area contributed by atoms with Crippen LogP contribution in [-0.2, 0) is 9.47 Å². The fourth-order valence-electron chi connectivity index (χ4n) is 3.09. The molecular weight excluding hydrogens is 392 g/mol. The predicted octanol–water partition coefficient (Wildman–Crippen LogP) is 5.81. The van der Waals surface area contributed by atoms with Crippen molar-refractivity contribution in [1.82, 2.24) is 0 Å². The SMILES string of the molecule is CCCCCCCCOC(=O)c1ccccc1C(=O)OCCCCCCCC.[CaH2]. The zero-order valence-electron chi connectivity index (χ0n) is 17.8. The summed E-state index contributed by atoms with van der Waals surface area (Å²) >= 11 is 0. The first-order chi connectivity index (χ1) is 13.7. The molecule has 0 saturated carbocycles. The van der Waals surface area contributed by atoms with Crippen LogP contribution < -0.4 is 0 Å². The minimum atomic E-state index is -0.444. The maximum atomic E-state index is 12.4. The molecule has 0 saturated heterocycles. The van der Waals surface area contributed by atoms with E-state index in [0.717, 1.165) is 25.7 Å². The quantitative estimate of drug-likeness (QED) is 0.188. The zero-order chi connectivity index (χ0) is 20.5. The van der Waals surface area contributed by atoms with Gasteiger partial charge in [-0.25, -0.2) is 9.59 Å². The molecule has 29 heavy (non-hydrogen) atoms. The van der Waals surface area contributed by atoms with Crippen LogP contribution in [0.3, 0.4) is 0 Å². The summed E-state index contributed by atoms with van der Waals surface area (Å²) in [6, 6.07) is 6.74. The molecule has 0 aliphatic heterocycles. The number of unbranched alkanes of at least 4 members (excludes halogenated alkanes) is 10. The second-order valence-corrected chi connectivity index (χ2v) is 7.35. The number of hydrogen-bond acceptors (Lipinski definition) is 4. The maximum absolute atomic E-state index is 12.4. The Kier molecular flexibility index (Phi) is 19.0. The van der Waals surface area contributed by atoms with Crippen LogP contribution in [0.5, 0.6) is 0 Å². The Labute approximate surface area is 207 Å². The van der Waals surface area contributed by atoms with Gasteiger partial charge in [0.15, 0.2) is 0 Å². The molecule has 0 amide bonds. The van der Waals surface area contributed by atoms with E-state index in [-0.39, 0.29) is 37.7 Å². The monoisotopic (exact) mass is 432 g/mol. The zero-order valence-corrected chi connectivity index (χ0v) is 17.8. The molecule has 0 N–H and O–H groups in total. The van der Waals surface area contributed by atoms with Gasteiger partial charge in [0.2, 0.25) is 0 Å². The molecule has 0 unspecified atom stereocenters. The first-order valence-electron chi connectivity index (χ1n) is 11.1. The predicted molar refractivity (Wildman–Crippen MR) is 122 cm³/mol. The molecule has 1 aromatic rings. The summed E-state index contributed by atoms with van der Waals surface area (Å²) in [5.74, 6) is -0.888. The van der Waals surface area contributed by atoms with Crippen molar-refractivity contribution in [2.45, 2.75) is 90.9 Å². The van der Waals surface area contributed by atoms with Gasteiger partial charge >= 0.3 is 49.7 Å². The Morgan fingerprint density at radius 3 is 1.34 bits per heavy atom. The number of rotatable bonds is 16. The van der Waals surface area contributed by atoms with Gasteiger partial charge in [0, 0.05) is 0 Å². The van der Waals surface area contributed by atoms with Crippen molar-refractivity contribution in [2.75, 3.05) is 13.2 Å². The van der Waals surface area contributed by atoms with Gasteiger partial charge in [-0.05, 0) is 25.0 Å². The first kappa shape index (κ1) is 28.4. The Hall–Kier alpha value is -0.580. The van der Waals surface area contributed by atoms with Crippen LogP contribution in [0, 0.1) is 0 Å². The second kappa shape index (κ2) is 19.4. The van der Waals surface area contributed by atoms with Crippen molar-refractivity contribution < 1.29 is 19.1 Å². The van der Waals surface area contributed by atoms with Gasteiger partial charge in [0.1, 0.15) is 0 Å². The topological polar surface area (TPSA) is 52.6 Å². The molecule has 0 aromatic heterocycles. The van der Waals surface area contributed by atoms with E-state index in [1.807, 2.05) is 0 Å². The van der Waals surface area contributed by atoms with Crippen LogP contribution in [0.2, 0.25) is 0 Å². The van der Waals surface area contributed by atoms with Gasteiger partial charge in [-0.1, -0.05) is 90.2 Å². The van der Waals surface area contributed by atoms with Gasteiger partial charge < -0.3 is 9.47 Å². The molecule has 0 fully saturated rings. The Balaban J connectivity index is 0.00000784. The van der Waals surface area contributed by atoms with E-state index in [1.54, 1.807) is 24.3 Å². The standard InChI is InChI=1S/C24H38O4.Ca.2H/c1-3-5-7-9-11-15-19-27-23(25)21-17-13-14-18-22(21)24(26)28-20-16-12-10-8-6-4-2;;;/h13-14,17-18H,3-12,15-16,19-20H2,1-2H3;;;. The first-order valence-corrected chi connectivity index (χ1v) is 11.1. The number of ether oxygens (including phenoxy) is 2. The van der Waals surface area contributed by atoms with E-state index in [4.69, 9.17) is 9.47 Å². The minimum absolute atomic E-state index is 0. The van der Waals surface area contributed by atoms with Crippen LogP contribution in [-0.4, -0.2) is 62.9 Å². The summed E-state index contributed by atoms with van der Waals surface area (Å²) in [6.45, 7) is 5.17. The van der Waals surface area contributed by atoms with E-state index < -0.39 is 11.9 Å². The Morgan fingerprint density at radius 1 is 0.621 bits per heavy atom. The number of carbonyl (C=O) groups excluding carboxylic acids is 2. The molecule has 0 atom stereocenters. The van der Waals surface area contributed by atoms with E-state index in [0.29, 0.717) is 24.3 Å². The molecule has 0 radical (unpaired) electrons. The average Bonchev–Trinajstić information content (AvgIpc) is 2.72. The van der Waals surface area contributed by atoms with Crippen molar-refractivity contribution in [3.05, 3.63) is 35.4 Å². The van der Waals surface area contributed by atoms with E-state index in [9.17, 15) is 9.59 Å². The van der Waals surface area contributed by atoms with Gasteiger partial charge in [-0.2, -0.15) is 0 Å². The molecule has 162 valence electrons. The summed E-state index contributed by atoms with van der Waals surface area (Å²) in [5, 5.41) is 0. The molecule has 0 spiro atoms. The summed E-state index contributed by atoms with van der Waals surface area (Å²) < 4.78 is 10.7. The van der Waals surface area contributed by atoms with E-state index in [1.165, 1.54) is 51.4 Å². The third kappa shape index (κ3) is 13.4. The summed E-state index contributed by atoms with van der Waals surface area (Å²) in [6.07, 6.45) is 13.6. The van der Waals surface area contributed by atoms with Gasteiger partial charge in [-0.15, -0.1) is 0 Å². The molecule has 5 heteroatoms. The third-order valence-corrected chi connectivity index (χ3v) is 4.83. The van der Waals surface area contributed by atoms with E-state index in [2.05, 4.69) is 13.8 Å². The molecule has 0 bridgehead atoms. The van der Waals surface area contributed by atoms with Crippen LogP contribution in [0.15, 0.2) is 24.3 Å². The number of esters is 2. The normalized spacial score (nSPS) is 10.3. The molecule has 1 rings (SSSR count). The Bertz CT molecular complexity index is 511. The average molecular weight is 433 g/mol. The molecule has 1 aromatic carbocycles. The van der Waals surface area contributed by atoms with Gasteiger partial charge in [-0.3, -0.25) is 0 Å². The second-order valence-electron chi connectivity index (χ2n) is 7.35. The van der Waals surface area contributed by atoms with Gasteiger partial charge in [0.05, 0.1) is 24.3 Å². The number of hydrogen-bond donors (Lipinski definition) is 0. The van der Waals surface area contributed by atoms with Gasteiger partial charge in [0.25, 0.3) is 0 Å². The summed E-state index contributed by atoms with van der Waals surface area (Å²) in [4.78, 5) is 24.7. The van der Waals surface area contributed by atoms with Crippen molar-refractivity contribution >= 4 is 49.7 Å². The molecular formula is C24H40CaO4. The Morgan fingerprint density at radius 2 is 0.966 bits per heavy atom. The molecule has 0 aliphatic rings.